The van der Waals surface area contributed by atoms with Crippen LogP contribution in [0.4, 0.5) is 0 Å². The van der Waals surface area contributed by atoms with Crippen molar-refractivity contribution in [2.24, 2.45) is 10.9 Å². The maximum absolute atomic E-state index is 10.5. The second-order valence-electron chi connectivity index (χ2n) is 2.93. The molecule has 86 valence electrons. The van der Waals surface area contributed by atoms with Crippen molar-refractivity contribution >= 4 is 11.4 Å². The van der Waals surface area contributed by atoms with Crippen LogP contribution in [0, 0.1) is 15.5 Å². The van der Waals surface area contributed by atoms with Gasteiger partial charge in [-0.25, -0.2) is 0 Å². The van der Waals surface area contributed by atoms with Crippen molar-refractivity contribution in [2.45, 2.75) is 0 Å². The van der Waals surface area contributed by atoms with E-state index in [1.165, 1.54) is 12.2 Å². The van der Waals surface area contributed by atoms with Gasteiger partial charge in [-0.2, -0.15) is 0 Å². The van der Waals surface area contributed by atoms with Gasteiger partial charge < -0.3 is 16.3 Å². The third-order valence-electron chi connectivity index (χ3n) is 1.91. The van der Waals surface area contributed by atoms with E-state index >= 15 is 0 Å². The summed E-state index contributed by atoms with van der Waals surface area (Å²) in [5, 5.41) is 32.4. The van der Waals surface area contributed by atoms with Crippen LogP contribution in [0.1, 0.15) is 0 Å². The summed E-state index contributed by atoms with van der Waals surface area (Å²) in [5.41, 5.74) is 4.60. The second-order valence-corrected chi connectivity index (χ2v) is 2.93. The van der Waals surface area contributed by atoms with E-state index < -0.39 is 16.3 Å². The number of rotatable bonds is 4. The lowest BCUT2D eigenvalue weighted by Crippen LogP contribution is -2.33. The fourth-order valence-corrected chi connectivity index (χ4v) is 1.19. The van der Waals surface area contributed by atoms with Crippen LogP contribution >= 0.6 is 0 Å². The van der Waals surface area contributed by atoms with Crippen LogP contribution in [0.2, 0.25) is 0 Å². The number of nitrogens with two attached hydrogens (primary N) is 1. The van der Waals surface area contributed by atoms with Gasteiger partial charge in [0.1, 0.15) is 0 Å². The number of allylic oxidation sites excluding steroid dienone is 4. The monoisotopic (exact) mass is 225 g/mol. The van der Waals surface area contributed by atoms with Gasteiger partial charge in [0.25, 0.3) is 5.70 Å². The van der Waals surface area contributed by atoms with Gasteiger partial charge in [0.05, 0.1) is 10.6 Å². The largest absolute Gasteiger partial charge is 0.410 e. The summed E-state index contributed by atoms with van der Waals surface area (Å²) in [4.78, 5) is 9.83. The first-order valence-corrected chi connectivity index (χ1v) is 4.43. The van der Waals surface area contributed by atoms with Crippen molar-refractivity contribution in [3.63, 3.8) is 0 Å². The van der Waals surface area contributed by atoms with E-state index in [0.29, 0.717) is 18.8 Å². The quantitative estimate of drug-likeness (QED) is 0.220. The molecule has 0 atom stereocenters. The minimum Gasteiger partial charge on any atom is -0.410 e. The summed E-state index contributed by atoms with van der Waals surface area (Å²) >= 11 is 0. The van der Waals surface area contributed by atoms with Crippen molar-refractivity contribution in [1.82, 2.24) is 5.32 Å². The number of hydrogen-bond acceptors (Lipinski definition) is 7. The predicted octanol–water partition coefficient (Wildman–Crippen LogP) is -0.557. The molecular formula is C8H11N5O3. The first-order chi connectivity index (χ1) is 7.61. The Hall–Kier alpha value is -2.22. The van der Waals surface area contributed by atoms with Gasteiger partial charge in [-0.1, -0.05) is 5.16 Å². The SMILES string of the molecule is N=C1C([N+](=O)[O-])=CC=C(NCCN)/C1=N/O. The average molecular weight is 225 g/mol. The highest BCUT2D eigenvalue weighted by molar-refractivity contribution is 6.52. The molecule has 0 spiro atoms. The minimum atomic E-state index is -0.705. The molecule has 0 unspecified atom stereocenters. The molecule has 0 heterocycles. The Kier molecular flexibility index (Phi) is 3.72. The summed E-state index contributed by atoms with van der Waals surface area (Å²) in [6.45, 7) is 0.773. The van der Waals surface area contributed by atoms with Crippen molar-refractivity contribution in [3.8, 4) is 0 Å². The van der Waals surface area contributed by atoms with E-state index in [9.17, 15) is 10.1 Å². The van der Waals surface area contributed by atoms with E-state index in [1.807, 2.05) is 0 Å². The molecule has 1 rings (SSSR count). The molecule has 8 nitrogen and oxygen atoms in total. The zero-order valence-electron chi connectivity index (χ0n) is 8.30. The highest BCUT2D eigenvalue weighted by Gasteiger charge is 2.28. The lowest BCUT2D eigenvalue weighted by atomic mass is 10.0. The number of nitro groups is 1. The van der Waals surface area contributed by atoms with Crippen molar-refractivity contribution in [2.75, 3.05) is 13.1 Å². The molecule has 0 saturated carbocycles. The zero-order chi connectivity index (χ0) is 12.1. The van der Waals surface area contributed by atoms with Crippen LogP contribution < -0.4 is 11.1 Å². The standard InChI is InChI=1S/C8H11N5O3/c9-3-4-11-5-1-2-6(13(15)16)7(10)8(5)12-14/h1-2,10-11,14H,3-4,9H2/b10-7?,12-8-. The maximum Gasteiger partial charge on any atom is 0.296 e. The molecule has 0 aromatic rings. The van der Waals surface area contributed by atoms with E-state index in [-0.39, 0.29) is 5.71 Å². The van der Waals surface area contributed by atoms with Crippen LogP contribution in [0.25, 0.3) is 0 Å². The molecule has 0 saturated heterocycles. The Labute approximate surface area is 90.8 Å². The van der Waals surface area contributed by atoms with Crippen LogP contribution in [-0.2, 0) is 0 Å². The molecule has 0 aromatic heterocycles. The van der Waals surface area contributed by atoms with Gasteiger partial charge in [-0.15, -0.1) is 0 Å². The normalized spacial score (nSPS) is 18.1. The molecule has 0 amide bonds. The highest BCUT2D eigenvalue weighted by Crippen LogP contribution is 2.12. The first kappa shape index (κ1) is 11.9. The lowest BCUT2D eigenvalue weighted by Gasteiger charge is -2.13. The zero-order valence-corrected chi connectivity index (χ0v) is 8.30. The lowest BCUT2D eigenvalue weighted by molar-refractivity contribution is -0.414. The van der Waals surface area contributed by atoms with Gasteiger partial charge in [0, 0.05) is 19.2 Å². The van der Waals surface area contributed by atoms with Crippen LogP contribution in [0.3, 0.4) is 0 Å². The topological polar surface area (TPSA) is 138 Å². The number of oxime groups is 1. The first-order valence-electron chi connectivity index (χ1n) is 4.43. The van der Waals surface area contributed by atoms with E-state index in [0.717, 1.165) is 0 Å². The number of hydrogen-bond donors (Lipinski definition) is 4. The molecule has 0 bridgehead atoms. The van der Waals surface area contributed by atoms with Gasteiger partial charge in [-0.3, -0.25) is 15.5 Å². The van der Waals surface area contributed by atoms with Crippen molar-refractivity contribution < 1.29 is 10.1 Å². The molecule has 16 heavy (non-hydrogen) atoms. The summed E-state index contributed by atoms with van der Waals surface area (Å²) in [7, 11) is 0. The van der Waals surface area contributed by atoms with E-state index in [4.69, 9.17) is 16.4 Å². The average Bonchev–Trinajstić information content (AvgIpc) is 2.25. The number of nitrogens with zero attached hydrogens (tertiary/aromatic N) is 2. The molecular weight excluding hydrogens is 214 g/mol. The molecule has 0 aromatic carbocycles. The highest BCUT2D eigenvalue weighted by atomic mass is 16.6. The van der Waals surface area contributed by atoms with E-state index in [1.54, 1.807) is 0 Å². The predicted molar refractivity (Wildman–Crippen MR) is 57.2 cm³/mol. The summed E-state index contributed by atoms with van der Waals surface area (Å²) in [6, 6.07) is 0. The van der Waals surface area contributed by atoms with Gasteiger partial charge >= 0.3 is 0 Å². The third kappa shape index (κ3) is 2.23. The maximum atomic E-state index is 10.5. The Morgan fingerprint density at radius 3 is 2.81 bits per heavy atom. The smallest absolute Gasteiger partial charge is 0.296 e. The van der Waals surface area contributed by atoms with Crippen LogP contribution in [-0.4, -0.2) is 34.6 Å². The third-order valence-corrected chi connectivity index (χ3v) is 1.91. The fraction of sp³-hybridized carbons (Fsp3) is 0.250. The second kappa shape index (κ2) is 5.03. The summed E-state index contributed by atoms with van der Waals surface area (Å²) in [5.74, 6) is 0. The molecule has 1 aliphatic carbocycles. The minimum absolute atomic E-state index is 0.164. The summed E-state index contributed by atoms with van der Waals surface area (Å²) < 4.78 is 0. The summed E-state index contributed by atoms with van der Waals surface area (Å²) in [6.07, 6.45) is 2.55. The molecule has 1 aliphatic rings. The Balaban J connectivity index is 3.02. The van der Waals surface area contributed by atoms with Crippen molar-refractivity contribution in [3.05, 3.63) is 33.7 Å². The van der Waals surface area contributed by atoms with Crippen LogP contribution in [0.15, 0.2) is 28.7 Å². The molecule has 0 aliphatic heterocycles. The van der Waals surface area contributed by atoms with Crippen LogP contribution in [0.5, 0.6) is 0 Å². The Morgan fingerprint density at radius 2 is 2.31 bits per heavy atom. The fourth-order valence-electron chi connectivity index (χ4n) is 1.19. The van der Waals surface area contributed by atoms with E-state index in [2.05, 4.69) is 10.5 Å². The number of nitrogens with one attached hydrogen (secondary N) is 2. The Morgan fingerprint density at radius 1 is 1.62 bits per heavy atom. The van der Waals surface area contributed by atoms with Gasteiger partial charge in [0.2, 0.25) is 0 Å². The molecule has 5 N–H and O–H groups in total. The van der Waals surface area contributed by atoms with Crippen molar-refractivity contribution in [1.29, 1.82) is 5.41 Å². The Bertz CT molecular complexity index is 410. The van der Waals surface area contributed by atoms with Gasteiger partial charge in [-0.05, 0) is 6.08 Å². The molecule has 0 radical (unpaired) electrons. The molecule has 8 heteroatoms. The van der Waals surface area contributed by atoms with Gasteiger partial charge in [0.15, 0.2) is 11.4 Å². The molecule has 0 fully saturated rings.